The van der Waals surface area contributed by atoms with E-state index in [0.717, 1.165) is 19.5 Å². The van der Waals surface area contributed by atoms with E-state index in [1.807, 2.05) is 24.5 Å². The van der Waals surface area contributed by atoms with Crippen LogP contribution in [0.3, 0.4) is 0 Å². The third kappa shape index (κ3) is 3.53. The molecule has 0 aliphatic carbocycles. The zero-order valence-electron chi connectivity index (χ0n) is 8.03. The van der Waals surface area contributed by atoms with Crippen molar-refractivity contribution in [1.82, 2.24) is 10.3 Å². The summed E-state index contributed by atoms with van der Waals surface area (Å²) < 4.78 is 0. The van der Waals surface area contributed by atoms with Crippen LogP contribution in [0.1, 0.15) is 24.9 Å². The lowest BCUT2D eigenvalue weighted by molar-refractivity contribution is 0.561. The molecule has 0 bridgehead atoms. The van der Waals surface area contributed by atoms with Crippen molar-refractivity contribution < 1.29 is 0 Å². The lowest BCUT2D eigenvalue weighted by Crippen LogP contribution is -2.21. The second-order valence-corrected chi connectivity index (χ2v) is 3.10. The van der Waals surface area contributed by atoms with Gasteiger partial charge < -0.3 is 11.1 Å². The lowest BCUT2D eigenvalue weighted by atomic mass is 10.1. The Morgan fingerprint density at radius 1 is 1.46 bits per heavy atom. The van der Waals surface area contributed by atoms with E-state index in [0.29, 0.717) is 6.04 Å². The van der Waals surface area contributed by atoms with Crippen LogP contribution < -0.4 is 11.1 Å². The molecule has 0 amide bonds. The van der Waals surface area contributed by atoms with Gasteiger partial charge in [0.2, 0.25) is 0 Å². The second kappa shape index (κ2) is 5.67. The Bertz CT molecular complexity index is 223. The first-order chi connectivity index (χ1) is 6.34. The fourth-order valence-corrected chi connectivity index (χ4v) is 1.19. The van der Waals surface area contributed by atoms with Crippen molar-refractivity contribution in [2.24, 2.45) is 5.73 Å². The van der Waals surface area contributed by atoms with Gasteiger partial charge in [0.25, 0.3) is 0 Å². The first kappa shape index (κ1) is 10.2. The minimum atomic E-state index is 0.384. The zero-order chi connectivity index (χ0) is 9.52. The molecule has 1 atom stereocenters. The van der Waals surface area contributed by atoms with Crippen molar-refractivity contribution in [3.05, 3.63) is 30.1 Å². The van der Waals surface area contributed by atoms with Gasteiger partial charge in [-0.05, 0) is 44.1 Å². The fraction of sp³-hybridized carbons (Fsp3) is 0.500. The first-order valence-electron chi connectivity index (χ1n) is 4.68. The maximum absolute atomic E-state index is 5.40. The third-order valence-corrected chi connectivity index (χ3v) is 2.04. The topological polar surface area (TPSA) is 50.9 Å². The summed E-state index contributed by atoms with van der Waals surface area (Å²) in [5.74, 6) is 0. The van der Waals surface area contributed by atoms with Gasteiger partial charge in [-0.15, -0.1) is 0 Å². The fourth-order valence-electron chi connectivity index (χ4n) is 1.19. The predicted molar refractivity (Wildman–Crippen MR) is 54.3 cm³/mol. The Kier molecular flexibility index (Phi) is 4.43. The largest absolute Gasteiger partial charge is 0.330 e. The van der Waals surface area contributed by atoms with Crippen molar-refractivity contribution in [2.75, 3.05) is 13.1 Å². The molecule has 1 rings (SSSR count). The number of rotatable bonds is 5. The Balaban J connectivity index is 2.35. The summed E-state index contributed by atoms with van der Waals surface area (Å²) in [4.78, 5) is 3.98. The minimum absolute atomic E-state index is 0.384. The highest BCUT2D eigenvalue weighted by Crippen LogP contribution is 2.09. The maximum atomic E-state index is 5.40. The van der Waals surface area contributed by atoms with Gasteiger partial charge in [-0.2, -0.15) is 0 Å². The Labute approximate surface area is 79.4 Å². The molecule has 0 aliphatic rings. The van der Waals surface area contributed by atoms with Crippen LogP contribution in [0.5, 0.6) is 0 Å². The molecule has 1 heterocycles. The van der Waals surface area contributed by atoms with E-state index in [1.54, 1.807) is 0 Å². The SMILES string of the molecule is CC(NCCCN)c1ccncc1. The van der Waals surface area contributed by atoms with Gasteiger partial charge in [-0.1, -0.05) is 0 Å². The van der Waals surface area contributed by atoms with Gasteiger partial charge in [-0.25, -0.2) is 0 Å². The van der Waals surface area contributed by atoms with Crippen molar-refractivity contribution in [1.29, 1.82) is 0 Å². The molecule has 72 valence electrons. The molecule has 0 fully saturated rings. The van der Waals surface area contributed by atoms with Crippen molar-refractivity contribution >= 4 is 0 Å². The molecule has 0 aromatic carbocycles. The van der Waals surface area contributed by atoms with Gasteiger partial charge in [-0.3, -0.25) is 4.98 Å². The standard InChI is InChI=1S/C10H17N3/c1-9(13-6-2-5-11)10-3-7-12-8-4-10/h3-4,7-9,13H,2,5-6,11H2,1H3. The summed E-state index contributed by atoms with van der Waals surface area (Å²) in [6, 6.07) is 4.44. The van der Waals surface area contributed by atoms with E-state index < -0.39 is 0 Å². The van der Waals surface area contributed by atoms with Crippen LogP contribution in [0.2, 0.25) is 0 Å². The molecule has 3 N–H and O–H groups in total. The van der Waals surface area contributed by atoms with Crippen LogP contribution in [0.25, 0.3) is 0 Å². The molecule has 0 spiro atoms. The van der Waals surface area contributed by atoms with Gasteiger partial charge in [0, 0.05) is 18.4 Å². The Morgan fingerprint density at radius 2 is 2.15 bits per heavy atom. The number of hydrogen-bond donors (Lipinski definition) is 2. The number of aromatic nitrogens is 1. The highest BCUT2D eigenvalue weighted by Gasteiger charge is 2.01. The van der Waals surface area contributed by atoms with Gasteiger partial charge in [0.05, 0.1) is 0 Å². The average Bonchev–Trinajstić information content (AvgIpc) is 2.19. The summed E-state index contributed by atoms with van der Waals surface area (Å²) in [6.07, 6.45) is 4.66. The normalized spacial score (nSPS) is 12.8. The molecule has 1 aromatic rings. The number of pyridine rings is 1. The van der Waals surface area contributed by atoms with E-state index in [-0.39, 0.29) is 0 Å². The summed E-state index contributed by atoms with van der Waals surface area (Å²) in [5.41, 5.74) is 6.67. The Hall–Kier alpha value is -0.930. The molecular weight excluding hydrogens is 162 g/mol. The zero-order valence-corrected chi connectivity index (χ0v) is 8.03. The lowest BCUT2D eigenvalue weighted by Gasteiger charge is -2.13. The van der Waals surface area contributed by atoms with Crippen LogP contribution in [0.15, 0.2) is 24.5 Å². The second-order valence-electron chi connectivity index (χ2n) is 3.10. The molecule has 0 radical (unpaired) electrons. The Morgan fingerprint density at radius 3 is 2.77 bits per heavy atom. The molecule has 0 saturated carbocycles. The molecule has 13 heavy (non-hydrogen) atoms. The molecule has 0 saturated heterocycles. The predicted octanol–water partition coefficient (Wildman–Crippen LogP) is 1.08. The summed E-state index contributed by atoms with van der Waals surface area (Å²) in [7, 11) is 0. The van der Waals surface area contributed by atoms with Crippen molar-refractivity contribution in [3.8, 4) is 0 Å². The van der Waals surface area contributed by atoms with Crippen LogP contribution in [0.4, 0.5) is 0 Å². The molecule has 0 aliphatic heterocycles. The van der Waals surface area contributed by atoms with E-state index in [2.05, 4.69) is 17.2 Å². The van der Waals surface area contributed by atoms with Crippen LogP contribution >= 0.6 is 0 Å². The smallest absolute Gasteiger partial charge is 0.0292 e. The number of nitrogens with two attached hydrogens (primary N) is 1. The van der Waals surface area contributed by atoms with E-state index in [9.17, 15) is 0 Å². The highest BCUT2D eigenvalue weighted by molar-refractivity contribution is 5.13. The summed E-state index contributed by atoms with van der Waals surface area (Å²) in [5, 5.41) is 3.39. The maximum Gasteiger partial charge on any atom is 0.0292 e. The number of nitrogens with one attached hydrogen (secondary N) is 1. The van der Waals surface area contributed by atoms with Gasteiger partial charge in [0.15, 0.2) is 0 Å². The third-order valence-electron chi connectivity index (χ3n) is 2.04. The van der Waals surface area contributed by atoms with Crippen molar-refractivity contribution in [2.45, 2.75) is 19.4 Å². The quantitative estimate of drug-likeness (QED) is 0.665. The molecule has 1 aromatic heterocycles. The van der Waals surface area contributed by atoms with Crippen molar-refractivity contribution in [3.63, 3.8) is 0 Å². The van der Waals surface area contributed by atoms with Crippen LogP contribution in [-0.2, 0) is 0 Å². The number of nitrogens with zero attached hydrogens (tertiary/aromatic N) is 1. The monoisotopic (exact) mass is 179 g/mol. The molecule has 1 unspecified atom stereocenters. The highest BCUT2D eigenvalue weighted by atomic mass is 14.9. The van der Waals surface area contributed by atoms with Gasteiger partial charge in [0.1, 0.15) is 0 Å². The van der Waals surface area contributed by atoms with Gasteiger partial charge >= 0.3 is 0 Å². The minimum Gasteiger partial charge on any atom is -0.330 e. The molecule has 3 nitrogen and oxygen atoms in total. The van der Waals surface area contributed by atoms with E-state index in [4.69, 9.17) is 5.73 Å². The summed E-state index contributed by atoms with van der Waals surface area (Å²) >= 11 is 0. The first-order valence-corrected chi connectivity index (χ1v) is 4.68. The number of hydrogen-bond acceptors (Lipinski definition) is 3. The van der Waals surface area contributed by atoms with Crippen LogP contribution in [-0.4, -0.2) is 18.1 Å². The van der Waals surface area contributed by atoms with E-state index in [1.165, 1.54) is 5.56 Å². The summed E-state index contributed by atoms with van der Waals surface area (Å²) in [6.45, 7) is 3.86. The molecular formula is C10H17N3. The van der Waals surface area contributed by atoms with E-state index >= 15 is 0 Å². The van der Waals surface area contributed by atoms with Crippen LogP contribution in [0, 0.1) is 0 Å². The molecule has 3 heteroatoms. The average molecular weight is 179 g/mol.